The van der Waals surface area contributed by atoms with Crippen LogP contribution in [0.5, 0.6) is 0 Å². The average Bonchev–Trinajstić information content (AvgIpc) is 2.67. The number of hydrogen-bond acceptors (Lipinski definition) is 3. The van der Waals surface area contributed by atoms with Crippen molar-refractivity contribution in [2.45, 2.75) is 0 Å². The summed E-state index contributed by atoms with van der Waals surface area (Å²) in [5.74, 6) is -0.698. The average molecular weight is 337 g/mol. The fraction of sp³-hybridized carbons (Fsp3) is 0.211. The molecule has 0 atom stereocenters. The molecule has 0 bridgehead atoms. The second-order valence-corrected chi connectivity index (χ2v) is 5.78. The van der Waals surface area contributed by atoms with Crippen LogP contribution in [0.1, 0.15) is 26.3 Å². The third-order valence-electron chi connectivity index (χ3n) is 4.18. The molecule has 0 aromatic heterocycles. The minimum absolute atomic E-state index is 0.147. The van der Waals surface area contributed by atoms with Crippen molar-refractivity contribution in [2.24, 2.45) is 0 Å². The van der Waals surface area contributed by atoms with Gasteiger partial charge >= 0.3 is 0 Å². The monoisotopic (exact) mass is 337 g/mol. The summed E-state index contributed by atoms with van der Waals surface area (Å²) >= 11 is 0. The van der Waals surface area contributed by atoms with E-state index in [4.69, 9.17) is 5.26 Å². The summed E-state index contributed by atoms with van der Waals surface area (Å²) in [6, 6.07) is 14.0. The Bertz CT molecular complexity index is 834. The SMILES string of the molecule is N#Cc1cccc(C(=O)N2CCN(C(=O)c3ccc(F)cc3)CC2)c1. The van der Waals surface area contributed by atoms with Crippen LogP contribution in [0.3, 0.4) is 0 Å². The molecule has 126 valence electrons. The number of benzene rings is 2. The van der Waals surface area contributed by atoms with Gasteiger partial charge in [0.25, 0.3) is 11.8 Å². The highest BCUT2D eigenvalue weighted by atomic mass is 19.1. The molecule has 6 heteroatoms. The number of halogens is 1. The highest BCUT2D eigenvalue weighted by Crippen LogP contribution is 2.13. The summed E-state index contributed by atoms with van der Waals surface area (Å²) in [4.78, 5) is 28.3. The molecule has 0 radical (unpaired) electrons. The molecule has 1 aliphatic heterocycles. The first-order chi connectivity index (χ1) is 12.1. The highest BCUT2D eigenvalue weighted by Gasteiger charge is 2.25. The van der Waals surface area contributed by atoms with Gasteiger partial charge in [-0.15, -0.1) is 0 Å². The summed E-state index contributed by atoms with van der Waals surface area (Å²) in [5, 5.41) is 8.93. The smallest absolute Gasteiger partial charge is 0.254 e. The van der Waals surface area contributed by atoms with E-state index in [1.165, 1.54) is 24.3 Å². The van der Waals surface area contributed by atoms with E-state index in [-0.39, 0.29) is 17.6 Å². The molecule has 25 heavy (non-hydrogen) atoms. The first-order valence-electron chi connectivity index (χ1n) is 7.93. The Kier molecular flexibility index (Phi) is 4.75. The maximum absolute atomic E-state index is 13.0. The van der Waals surface area contributed by atoms with E-state index in [2.05, 4.69) is 0 Å². The summed E-state index contributed by atoms with van der Waals surface area (Å²) in [7, 11) is 0. The highest BCUT2D eigenvalue weighted by molar-refractivity contribution is 5.96. The largest absolute Gasteiger partial charge is 0.335 e. The normalized spacial score (nSPS) is 14.1. The first-order valence-corrected chi connectivity index (χ1v) is 7.93. The summed E-state index contributed by atoms with van der Waals surface area (Å²) in [6.45, 7) is 1.67. The molecule has 5 nitrogen and oxygen atoms in total. The number of nitrogens with zero attached hydrogens (tertiary/aromatic N) is 3. The second kappa shape index (κ2) is 7.14. The molecular weight excluding hydrogens is 321 g/mol. The van der Waals surface area contributed by atoms with Gasteiger partial charge in [-0.1, -0.05) is 6.07 Å². The van der Waals surface area contributed by atoms with Crippen molar-refractivity contribution in [3.8, 4) is 6.07 Å². The Labute approximate surface area is 144 Å². The van der Waals surface area contributed by atoms with E-state index in [1.54, 1.807) is 34.1 Å². The van der Waals surface area contributed by atoms with E-state index >= 15 is 0 Å². The number of carbonyl (C=O) groups is 2. The van der Waals surface area contributed by atoms with Gasteiger partial charge in [0.15, 0.2) is 0 Å². The van der Waals surface area contributed by atoms with Crippen molar-refractivity contribution >= 4 is 11.8 Å². The van der Waals surface area contributed by atoms with Gasteiger partial charge in [-0.25, -0.2) is 4.39 Å². The number of nitriles is 1. The van der Waals surface area contributed by atoms with Crippen molar-refractivity contribution in [3.63, 3.8) is 0 Å². The van der Waals surface area contributed by atoms with Crippen LogP contribution < -0.4 is 0 Å². The molecule has 0 N–H and O–H groups in total. The molecule has 0 unspecified atom stereocenters. The molecule has 1 fully saturated rings. The van der Waals surface area contributed by atoms with Crippen LogP contribution in [0.2, 0.25) is 0 Å². The summed E-state index contributed by atoms with van der Waals surface area (Å²) in [6.07, 6.45) is 0. The van der Waals surface area contributed by atoms with Gasteiger partial charge < -0.3 is 9.80 Å². The summed E-state index contributed by atoms with van der Waals surface area (Å²) in [5.41, 5.74) is 1.34. The lowest BCUT2D eigenvalue weighted by atomic mass is 10.1. The predicted octanol–water partition coefficient (Wildman–Crippen LogP) is 2.30. The van der Waals surface area contributed by atoms with Crippen LogP contribution in [0.25, 0.3) is 0 Å². The fourth-order valence-corrected chi connectivity index (χ4v) is 2.79. The quantitative estimate of drug-likeness (QED) is 0.845. The predicted molar refractivity (Wildman–Crippen MR) is 89.4 cm³/mol. The molecule has 1 saturated heterocycles. The lowest BCUT2D eigenvalue weighted by Crippen LogP contribution is -2.50. The van der Waals surface area contributed by atoms with Gasteiger partial charge in [0.2, 0.25) is 0 Å². The van der Waals surface area contributed by atoms with Gasteiger partial charge in [-0.05, 0) is 42.5 Å². The Morgan fingerprint density at radius 2 is 1.44 bits per heavy atom. The van der Waals surface area contributed by atoms with Gasteiger partial charge in [0.1, 0.15) is 5.82 Å². The van der Waals surface area contributed by atoms with Crippen LogP contribution in [0.4, 0.5) is 4.39 Å². The van der Waals surface area contributed by atoms with Crippen LogP contribution in [-0.4, -0.2) is 47.8 Å². The minimum atomic E-state index is -0.383. The zero-order valence-corrected chi connectivity index (χ0v) is 13.5. The first kappa shape index (κ1) is 16.7. The zero-order chi connectivity index (χ0) is 17.8. The Balaban J connectivity index is 1.63. The summed E-state index contributed by atoms with van der Waals surface area (Å²) < 4.78 is 13.0. The van der Waals surface area contributed by atoms with E-state index in [1.807, 2.05) is 6.07 Å². The van der Waals surface area contributed by atoms with E-state index < -0.39 is 0 Å². The van der Waals surface area contributed by atoms with Gasteiger partial charge in [0.05, 0.1) is 11.6 Å². The van der Waals surface area contributed by atoms with Gasteiger partial charge in [0, 0.05) is 37.3 Å². The topological polar surface area (TPSA) is 64.4 Å². The third kappa shape index (κ3) is 3.66. The number of carbonyl (C=O) groups excluding carboxylic acids is 2. The standard InChI is InChI=1S/C19H16FN3O2/c20-17-6-4-15(5-7-17)18(24)22-8-10-23(11-9-22)19(25)16-3-1-2-14(12-16)13-21/h1-7,12H,8-11H2. The Hall–Kier alpha value is -3.20. The zero-order valence-electron chi connectivity index (χ0n) is 13.5. The van der Waals surface area contributed by atoms with Crippen molar-refractivity contribution in [3.05, 3.63) is 71.0 Å². The van der Waals surface area contributed by atoms with Crippen LogP contribution >= 0.6 is 0 Å². The number of amides is 2. The van der Waals surface area contributed by atoms with Crippen molar-refractivity contribution in [2.75, 3.05) is 26.2 Å². The van der Waals surface area contributed by atoms with Crippen molar-refractivity contribution in [1.29, 1.82) is 5.26 Å². The van der Waals surface area contributed by atoms with Crippen molar-refractivity contribution in [1.82, 2.24) is 9.80 Å². The molecule has 2 aromatic rings. The molecule has 2 aromatic carbocycles. The molecule has 2 amide bonds. The van der Waals surface area contributed by atoms with Crippen molar-refractivity contribution < 1.29 is 14.0 Å². The molecular formula is C19H16FN3O2. The lowest BCUT2D eigenvalue weighted by Gasteiger charge is -2.35. The number of hydrogen-bond donors (Lipinski definition) is 0. The van der Waals surface area contributed by atoms with Crippen LogP contribution in [0.15, 0.2) is 48.5 Å². The number of piperazine rings is 1. The van der Waals surface area contributed by atoms with E-state index in [0.717, 1.165) is 0 Å². The van der Waals surface area contributed by atoms with E-state index in [0.29, 0.717) is 42.9 Å². The minimum Gasteiger partial charge on any atom is -0.335 e. The molecule has 0 aliphatic carbocycles. The fourth-order valence-electron chi connectivity index (χ4n) is 2.79. The molecule has 0 spiro atoms. The molecule has 0 saturated carbocycles. The van der Waals surface area contributed by atoms with E-state index in [9.17, 15) is 14.0 Å². The van der Waals surface area contributed by atoms with Gasteiger partial charge in [-0.2, -0.15) is 5.26 Å². The van der Waals surface area contributed by atoms with Gasteiger partial charge in [-0.3, -0.25) is 9.59 Å². The third-order valence-corrected chi connectivity index (χ3v) is 4.18. The Morgan fingerprint density at radius 3 is 2.00 bits per heavy atom. The Morgan fingerprint density at radius 1 is 0.880 bits per heavy atom. The number of rotatable bonds is 2. The second-order valence-electron chi connectivity index (χ2n) is 5.78. The maximum atomic E-state index is 13.0. The maximum Gasteiger partial charge on any atom is 0.254 e. The molecule has 3 rings (SSSR count). The lowest BCUT2D eigenvalue weighted by molar-refractivity contribution is 0.0535. The van der Waals surface area contributed by atoms with Crippen LogP contribution in [0, 0.1) is 17.1 Å². The van der Waals surface area contributed by atoms with Crippen LogP contribution in [-0.2, 0) is 0 Å². The molecule has 1 heterocycles. The molecule has 1 aliphatic rings.